The minimum absolute atomic E-state index is 0.0545. The molecule has 7 heteroatoms. The summed E-state index contributed by atoms with van der Waals surface area (Å²) in [5.41, 5.74) is 0.421. The number of hydrogen-bond acceptors (Lipinski definition) is 4. The molecule has 1 N–H and O–H groups in total. The molecular weight excluding hydrogens is 250 g/mol. The lowest BCUT2D eigenvalue weighted by Crippen LogP contribution is -2.20. The van der Waals surface area contributed by atoms with E-state index in [0.29, 0.717) is 15.8 Å². The minimum atomic E-state index is -0.215. The van der Waals surface area contributed by atoms with Gasteiger partial charge in [-0.05, 0) is 0 Å². The Kier molecular flexibility index (Phi) is 4.21. The number of carbonyl (C=O) groups excluding carboxylic acids is 1. The molecule has 2 unspecified atom stereocenters. The first-order valence-electron chi connectivity index (χ1n) is 4.05. The highest BCUT2D eigenvalue weighted by Gasteiger charge is 2.18. The number of aliphatic imine (C=N–C) groups is 1. The van der Waals surface area contributed by atoms with Gasteiger partial charge in [-0.3, -0.25) is 4.79 Å². The van der Waals surface area contributed by atoms with E-state index in [9.17, 15) is 9.90 Å². The number of amides is 1. The third kappa shape index (κ3) is 2.97. The molecule has 2 atom stereocenters. The van der Waals surface area contributed by atoms with Crippen LogP contribution in [0.1, 0.15) is 9.67 Å². The van der Waals surface area contributed by atoms with Gasteiger partial charge in [0.1, 0.15) is 10.6 Å². The Morgan fingerprint density at radius 2 is 2.13 bits per heavy atom. The predicted molar refractivity (Wildman–Crippen MR) is 70.5 cm³/mol. The van der Waals surface area contributed by atoms with Crippen molar-refractivity contribution in [3.05, 3.63) is 10.3 Å². The fraction of sp³-hybridized carbons (Fsp3) is 0.250. The monoisotopic (exact) mass is 262 g/mol. The topological polar surface area (TPSA) is 52.9 Å². The van der Waals surface area contributed by atoms with Gasteiger partial charge in [0.25, 0.3) is 5.91 Å². The lowest BCUT2D eigenvalue weighted by molar-refractivity contribution is 0.0829. The molecule has 82 valence electrons. The second-order valence-electron chi connectivity index (χ2n) is 3.03. The molecule has 0 aliphatic carbocycles. The van der Waals surface area contributed by atoms with Gasteiger partial charge in [0.2, 0.25) is 0 Å². The molecule has 1 aromatic heterocycles. The molecule has 0 bridgehead atoms. The molecule has 0 aliphatic heterocycles. The lowest BCUT2D eigenvalue weighted by atomic mass is 10.3. The highest BCUT2D eigenvalue weighted by atomic mass is 32.1. The van der Waals surface area contributed by atoms with Crippen molar-refractivity contribution < 1.29 is 9.90 Å². The van der Waals surface area contributed by atoms with Gasteiger partial charge in [-0.2, -0.15) is 0 Å². The molecule has 4 nitrogen and oxygen atoms in total. The summed E-state index contributed by atoms with van der Waals surface area (Å²) in [5.74, 6) is -0.269. The quantitative estimate of drug-likeness (QED) is 0.653. The standard InChI is InChI=1S/C8H12N2O2P2S/c1-10(2)7(12)6-5(11)4(3-15-6)9-8(13)14/h3,11H,13-14H2,1-2H3. The van der Waals surface area contributed by atoms with E-state index in [1.54, 1.807) is 19.5 Å². The Morgan fingerprint density at radius 1 is 1.53 bits per heavy atom. The molecule has 15 heavy (non-hydrogen) atoms. The second-order valence-corrected chi connectivity index (χ2v) is 5.76. The van der Waals surface area contributed by atoms with Crippen LogP contribution in [0.15, 0.2) is 10.4 Å². The highest BCUT2D eigenvalue weighted by Crippen LogP contribution is 2.37. The summed E-state index contributed by atoms with van der Waals surface area (Å²) in [4.78, 5) is 17.4. The molecule has 1 aromatic rings. The number of carbonyl (C=O) groups is 1. The van der Waals surface area contributed by atoms with E-state index >= 15 is 0 Å². The predicted octanol–water partition coefficient (Wildman–Crippen LogP) is 1.89. The zero-order chi connectivity index (χ0) is 11.6. The molecule has 0 saturated heterocycles. The molecule has 1 rings (SSSR count). The van der Waals surface area contributed by atoms with Gasteiger partial charge in [-0.25, -0.2) is 4.99 Å². The van der Waals surface area contributed by atoms with E-state index in [1.165, 1.54) is 16.2 Å². The van der Waals surface area contributed by atoms with Gasteiger partial charge in [0.05, 0.1) is 5.19 Å². The van der Waals surface area contributed by atoms with Crippen molar-refractivity contribution in [3.8, 4) is 5.75 Å². The number of nitrogens with zero attached hydrogens (tertiary/aromatic N) is 2. The summed E-state index contributed by atoms with van der Waals surface area (Å²) >= 11 is 1.19. The first kappa shape index (κ1) is 12.6. The zero-order valence-corrected chi connectivity index (χ0v) is 11.5. The SMILES string of the molecule is CN(C)C(=O)c1scc(N=C(P)P)c1O. The molecule has 1 heterocycles. The zero-order valence-electron chi connectivity index (χ0n) is 8.39. The maximum absolute atomic E-state index is 11.6. The summed E-state index contributed by atoms with van der Waals surface area (Å²) < 4.78 is 0. The molecule has 0 aromatic carbocycles. The van der Waals surface area contributed by atoms with E-state index < -0.39 is 0 Å². The summed E-state index contributed by atoms with van der Waals surface area (Å²) in [7, 11) is 8.06. The Labute approximate surface area is 96.8 Å². The fourth-order valence-corrected chi connectivity index (χ4v) is 2.09. The van der Waals surface area contributed by atoms with Crippen LogP contribution >= 0.6 is 29.8 Å². The first-order valence-corrected chi connectivity index (χ1v) is 6.08. The maximum atomic E-state index is 11.6. The third-order valence-corrected chi connectivity index (χ3v) is 2.80. The largest absolute Gasteiger partial charge is 0.504 e. The van der Waals surface area contributed by atoms with Crippen LogP contribution in [0, 0.1) is 0 Å². The Balaban J connectivity index is 3.10. The molecule has 0 fully saturated rings. The van der Waals surface area contributed by atoms with Crippen LogP contribution in [0.25, 0.3) is 0 Å². The van der Waals surface area contributed by atoms with Gasteiger partial charge in [-0.1, -0.05) is 18.5 Å². The highest BCUT2D eigenvalue weighted by molar-refractivity contribution is 7.69. The summed E-state index contributed by atoms with van der Waals surface area (Å²) in [6.07, 6.45) is 0. The van der Waals surface area contributed by atoms with Crippen molar-refractivity contribution in [3.63, 3.8) is 0 Å². The van der Waals surface area contributed by atoms with Gasteiger partial charge >= 0.3 is 0 Å². The molecule has 0 aliphatic rings. The van der Waals surface area contributed by atoms with Crippen LogP contribution in [-0.2, 0) is 0 Å². The van der Waals surface area contributed by atoms with Crippen molar-refractivity contribution in [2.45, 2.75) is 0 Å². The van der Waals surface area contributed by atoms with Crippen LogP contribution in [0.5, 0.6) is 5.75 Å². The van der Waals surface area contributed by atoms with Gasteiger partial charge in [-0.15, -0.1) is 11.3 Å². The molecule has 1 amide bonds. The third-order valence-electron chi connectivity index (χ3n) is 1.60. The number of rotatable bonds is 2. The van der Waals surface area contributed by atoms with Gasteiger partial charge in [0, 0.05) is 19.5 Å². The second kappa shape index (κ2) is 5.02. The van der Waals surface area contributed by atoms with Crippen molar-refractivity contribution in [2.24, 2.45) is 4.99 Å². The van der Waals surface area contributed by atoms with Crippen molar-refractivity contribution >= 4 is 46.6 Å². The minimum Gasteiger partial charge on any atom is -0.504 e. The smallest absolute Gasteiger partial charge is 0.267 e. The fourth-order valence-electron chi connectivity index (χ4n) is 0.916. The van der Waals surface area contributed by atoms with Crippen LogP contribution < -0.4 is 0 Å². The summed E-state index contributed by atoms with van der Waals surface area (Å²) in [6.45, 7) is 0. The van der Waals surface area contributed by atoms with Gasteiger partial charge < -0.3 is 10.0 Å². The Hall–Kier alpha value is -0.500. The average molecular weight is 262 g/mol. The summed E-state index contributed by atoms with van der Waals surface area (Å²) in [5, 5.41) is 12.1. The maximum Gasteiger partial charge on any atom is 0.267 e. The first-order chi connectivity index (χ1) is 6.93. The number of thiophene rings is 1. The van der Waals surface area contributed by atoms with E-state index in [4.69, 9.17) is 0 Å². The van der Waals surface area contributed by atoms with E-state index in [1.807, 2.05) is 0 Å². The number of aromatic hydroxyl groups is 1. The Morgan fingerprint density at radius 3 is 2.60 bits per heavy atom. The molecular formula is C8H12N2O2P2S. The average Bonchev–Trinajstić information content (AvgIpc) is 2.46. The van der Waals surface area contributed by atoms with Crippen LogP contribution in [-0.4, -0.2) is 35.2 Å². The normalized spacial score (nSPS) is 9.87. The van der Waals surface area contributed by atoms with Crippen molar-refractivity contribution in [2.75, 3.05) is 14.1 Å². The van der Waals surface area contributed by atoms with Crippen molar-refractivity contribution in [1.29, 1.82) is 0 Å². The van der Waals surface area contributed by atoms with E-state index in [2.05, 4.69) is 23.5 Å². The molecule has 0 saturated carbocycles. The number of hydrogen-bond donors (Lipinski definition) is 1. The van der Waals surface area contributed by atoms with Crippen LogP contribution in [0.4, 0.5) is 5.69 Å². The van der Waals surface area contributed by atoms with Crippen LogP contribution in [0.2, 0.25) is 0 Å². The van der Waals surface area contributed by atoms with E-state index in [-0.39, 0.29) is 11.7 Å². The van der Waals surface area contributed by atoms with E-state index in [0.717, 1.165) is 0 Å². The van der Waals surface area contributed by atoms with Gasteiger partial charge in [0.15, 0.2) is 5.75 Å². The lowest BCUT2D eigenvalue weighted by Gasteiger charge is -2.08. The Bertz CT molecular complexity index is 411. The molecule has 0 radical (unpaired) electrons. The van der Waals surface area contributed by atoms with Crippen LogP contribution in [0.3, 0.4) is 0 Å². The molecule has 0 spiro atoms. The van der Waals surface area contributed by atoms with Crippen molar-refractivity contribution in [1.82, 2.24) is 4.90 Å². The summed E-state index contributed by atoms with van der Waals surface area (Å²) in [6, 6.07) is 0.